The van der Waals surface area contributed by atoms with Gasteiger partial charge < -0.3 is 19.8 Å². The Morgan fingerprint density at radius 1 is 1.13 bits per heavy atom. The highest BCUT2D eigenvalue weighted by molar-refractivity contribution is 5.96. The number of rotatable bonds is 7. The summed E-state index contributed by atoms with van der Waals surface area (Å²) >= 11 is 0. The average molecular weight is 466 g/mol. The Kier molecular flexibility index (Phi) is 9.58. The minimum absolute atomic E-state index is 0. The van der Waals surface area contributed by atoms with Gasteiger partial charge in [0.25, 0.3) is 5.91 Å². The van der Waals surface area contributed by atoms with Crippen LogP contribution in [0.1, 0.15) is 21.6 Å². The van der Waals surface area contributed by atoms with Crippen LogP contribution in [0, 0.1) is 6.92 Å². The molecule has 0 radical (unpaired) electrons. The van der Waals surface area contributed by atoms with Gasteiger partial charge in [-0.15, -0.1) is 24.8 Å². The third-order valence-electron chi connectivity index (χ3n) is 5.08. The summed E-state index contributed by atoms with van der Waals surface area (Å²) < 4.78 is 7.93. The third kappa shape index (κ3) is 6.58. The van der Waals surface area contributed by atoms with Gasteiger partial charge in [-0.05, 0) is 30.7 Å². The largest absolute Gasteiger partial charge is 0.486 e. The van der Waals surface area contributed by atoms with Gasteiger partial charge in [-0.25, -0.2) is 4.98 Å². The number of piperazine rings is 1. The Morgan fingerprint density at radius 3 is 2.71 bits per heavy atom. The molecular weight excluding hydrogens is 437 g/mol. The lowest BCUT2D eigenvalue weighted by atomic mass is 10.2. The molecule has 1 amide bonds. The Hall–Kier alpha value is -2.32. The van der Waals surface area contributed by atoms with Crippen molar-refractivity contribution in [1.29, 1.82) is 0 Å². The quantitative estimate of drug-likeness (QED) is 0.561. The molecule has 0 atom stereocenters. The molecule has 0 bridgehead atoms. The van der Waals surface area contributed by atoms with E-state index in [1.807, 2.05) is 54.0 Å². The summed E-state index contributed by atoms with van der Waals surface area (Å²) in [7, 11) is 0. The zero-order chi connectivity index (χ0) is 20.1. The van der Waals surface area contributed by atoms with Crippen LogP contribution in [0.15, 0.2) is 48.8 Å². The van der Waals surface area contributed by atoms with Crippen molar-refractivity contribution in [3.8, 4) is 5.75 Å². The molecule has 1 aliphatic heterocycles. The second-order valence-corrected chi connectivity index (χ2v) is 7.34. The van der Waals surface area contributed by atoms with Gasteiger partial charge in [0.2, 0.25) is 0 Å². The topological polar surface area (TPSA) is 70.9 Å². The summed E-state index contributed by atoms with van der Waals surface area (Å²) in [5, 5.41) is 6.35. The first kappa shape index (κ1) is 24.9. The molecule has 0 unspecified atom stereocenters. The van der Waals surface area contributed by atoms with E-state index in [9.17, 15) is 4.79 Å². The van der Waals surface area contributed by atoms with Crippen molar-refractivity contribution in [2.75, 3.05) is 39.3 Å². The lowest BCUT2D eigenvalue weighted by Crippen LogP contribution is -2.46. The summed E-state index contributed by atoms with van der Waals surface area (Å²) in [6.45, 7) is 7.90. The maximum atomic E-state index is 12.7. The normalized spacial score (nSPS) is 13.8. The van der Waals surface area contributed by atoms with Crippen molar-refractivity contribution in [3.63, 3.8) is 0 Å². The predicted molar refractivity (Wildman–Crippen MR) is 127 cm³/mol. The molecular formula is C22H29Cl2N5O2. The fourth-order valence-electron chi connectivity index (χ4n) is 3.51. The Bertz CT molecular complexity index is 989. The molecule has 1 aliphatic rings. The maximum absolute atomic E-state index is 12.7. The van der Waals surface area contributed by atoms with Crippen LogP contribution in [-0.4, -0.2) is 59.5 Å². The Balaban J connectivity index is 0.00000171. The van der Waals surface area contributed by atoms with Crippen LogP contribution >= 0.6 is 24.8 Å². The van der Waals surface area contributed by atoms with Gasteiger partial charge in [-0.1, -0.05) is 18.2 Å². The van der Waals surface area contributed by atoms with Crippen LogP contribution in [0.25, 0.3) is 5.65 Å². The van der Waals surface area contributed by atoms with Gasteiger partial charge in [0, 0.05) is 51.7 Å². The van der Waals surface area contributed by atoms with E-state index in [4.69, 9.17) is 4.74 Å². The van der Waals surface area contributed by atoms with Crippen molar-refractivity contribution in [2.45, 2.75) is 13.5 Å². The number of carbonyl (C=O) groups is 1. The molecule has 4 rings (SSSR count). The number of imidazole rings is 1. The molecule has 1 saturated heterocycles. The van der Waals surface area contributed by atoms with E-state index in [1.165, 1.54) is 5.56 Å². The number of benzene rings is 1. The molecule has 7 nitrogen and oxygen atoms in total. The Labute approximate surface area is 195 Å². The zero-order valence-electron chi connectivity index (χ0n) is 17.5. The van der Waals surface area contributed by atoms with E-state index < -0.39 is 0 Å². The number of hydrogen-bond acceptors (Lipinski definition) is 5. The first-order valence-corrected chi connectivity index (χ1v) is 10.1. The molecule has 2 N–H and O–H groups in total. The minimum atomic E-state index is -0.110. The van der Waals surface area contributed by atoms with Gasteiger partial charge in [-0.2, -0.15) is 0 Å². The van der Waals surface area contributed by atoms with Crippen LogP contribution in [0.2, 0.25) is 0 Å². The van der Waals surface area contributed by atoms with E-state index in [2.05, 4.69) is 20.5 Å². The number of hydrogen-bond donors (Lipinski definition) is 2. The molecule has 1 fully saturated rings. The highest BCUT2D eigenvalue weighted by atomic mass is 35.5. The number of ether oxygens (including phenoxy) is 1. The van der Waals surface area contributed by atoms with Crippen molar-refractivity contribution < 1.29 is 9.53 Å². The van der Waals surface area contributed by atoms with Crippen LogP contribution in [-0.2, 0) is 6.61 Å². The second kappa shape index (κ2) is 11.9. The number of aryl methyl sites for hydroxylation is 1. The number of nitrogens with one attached hydrogen (secondary N) is 2. The number of nitrogens with zero attached hydrogens (tertiary/aromatic N) is 3. The van der Waals surface area contributed by atoms with E-state index >= 15 is 0 Å². The molecule has 0 saturated carbocycles. The molecule has 3 heterocycles. The van der Waals surface area contributed by atoms with Crippen LogP contribution < -0.4 is 15.4 Å². The zero-order valence-corrected chi connectivity index (χ0v) is 19.2. The van der Waals surface area contributed by atoms with E-state index in [0.29, 0.717) is 24.5 Å². The third-order valence-corrected chi connectivity index (χ3v) is 5.08. The van der Waals surface area contributed by atoms with E-state index in [1.54, 1.807) is 6.07 Å². The Morgan fingerprint density at radius 2 is 1.90 bits per heavy atom. The van der Waals surface area contributed by atoms with Crippen molar-refractivity contribution >= 4 is 36.4 Å². The first-order valence-electron chi connectivity index (χ1n) is 10.1. The lowest BCUT2D eigenvalue weighted by Gasteiger charge is -2.27. The second-order valence-electron chi connectivity index (χ2n) is 7.34. The molecule has 9 heteroatoms. The SMILES string of the molecule is Cc1ccc2nc(COc3ccccc3C(=O)NCCN3CCNCC3)cn2c1.Cl.Cl. The van der Waals surface area contributed by atoms with Gasteiger partial charge in [0.1, 0.15) is 18.0 Å². The highest BCUT2D eigenvalue weighted by Crippen LogP contribution is 2.19. The molecule has 31 heavy (non-hydrogen) atoms. The average Bonchev–Trinajstić information content (AvgIpc) is 3.15. The van der Waals surface area contributed by atoms with Crippen LogP contribution in [0.3, 0.4) is 0 Å². The fraction of sp³-hybridized carbons (Fsp3) is 0.364. The van der Waals surface area contributed by atoms with Crippen molar-refractivity contribution in [2.24, 2.45) is 0 Å². The summed E-state index contributed by atoms with van der Waals surface area (Å²) in [5.41, 5.74) is 3.43. The summed E-state index contributed by atoms with van der Waals surface area (Å²) in [6, 6.07) is 11.4. The standard InChI is InChI=1S/C22H27N5O2.2ClH/c1-17-6-7-21-25-18(15-27(21)14-17)16-29-20-5-3-2-4-19(20)22(28)24-10-13-26-11-8-23-9-12-26;;/h2-7,14-15,23H,8-13,16H2,1H3,(H,24,28);2*1H. The predicted octanol–water partition coefficient (Wildman–Crippen LogP) is 2.70. The van der Waals surface area contributed by atoms with Crippen LogP contribution in [0.4, 0.5) is 0 Å². The number of amides is 1. The van der Waals surface area contributed by atoms with Crippen molar-refractivity contribution in [3.05, 3.63) is 65.6 Å². The van der Waals surface area contributed by atoms with Gasteiger partial charge >= 0.3 is 0 Å². The lowest BCUT2D eigenvalue weighted by molar-refractivity contribution is 0.0942. The van der Waals surface area contributed by atoms with Gasteiger partial charge in [0.15, 0.2) is 0 Å². The molecule has 0 spiro atoms. The van der Waals surface area contributed by atoms with Crippen LogP contribution in [0.5, 0.6) is 5.75 Å². The van der Waals surface area contributed by atoms with E-state index in [-0.39, 0.29) is 30.7 Å². The molecule has 3 aromatic rings. The molecule has 0 aliphatic carbocycles. The summed E-state index contributed by atoms with van der Waals surface area (Å²) in [6.07, 6.45) is 3.99. The summed E-state index contributed by atoms with van der Waals surface area (Å²) in [5.74, 6) is 0.460. The van der Waals surface area contributed by atoms with Crippen molar-refractivity contribution in [1.82, 2.24) is 24.9 Å². The molecule has 1 aromatic carbocycles. The number of carbonyl (C=O) groups excluding carboxylic acids is 1. The maximum Gasteiger partial charge on any atom is 0.255 e. The van der Waals surface area contributed by atoms with E-state index in [0.717, 1.165) is 44.1 Å². The smallest absolute Gasteiger partial charge is 0.255 e. The van der Waals surface area contributed by atoms with Gasteiger partial charge in [-0.3, -0.25) is 9.69 Å². The van der Waals surface area contributed by atoms with Gasteiger partial charge in [0.05, 0.1) is 11.3 Å². The number of halogens is 2. The number of pyridine rings is 1. The summed E-state index contributed by atoms with van der Waals surface area (Å²) in [4.78, 5) is 19.6. The molecule has 168 valence electrons. The monoisotopic (exact) mass is 465 g/mol. The highest BCUT2D eigenvalue weighted by Gasteiger charge is 2.14. The minimum Gasteiger partial charge on any atom is -0.486 e. The number of fused-ring (bicyclic) bond motifs is 1. The first-order chi connectivity index (χ1) is 14.2. The molecule has 2 aromatic heterocycles. The number of para-hydroxylation sites is 1. The number of aromatic nitrogens is 2. The fourth-order valence-corrected chi connectivity index (χ4v) is 3.51.